The van der Waals surface area contributed by atoms with E-state index < -0.39 is 5.60 Å². The maximum Gasteiger partial charge on any atom is 0.320 e. The summed E-state index contributed by atoms with van der Waals surface area (Å²) in [5, 5.41) is 24.1. The molecule has 0 radical (unpaired) electrons. The molecule has 0 saturated carbocycles. The van der Waals surface area contributed by atoms with Crippen molar-refractivity contribution < 1.29 is 9.90 Å². The van der Waals surface area contributed by atoms with Crippen LogP contribution in [0.15, 0.2) is 42.6 Å². The summed E-state index contributed by atoms with van der Waals surface area (Å²) >= 11 is 0. The zero-order valence-electron chi connectivity index (χ0n) is 16.8. The van der Waals surface area contributed by atoms with Gasteiger partial charge in [0.25, 0.3) is 0 Å². The predicted molar refractivity (Wildman–Crippen MR) is 113 cm³/mol. The summed E-state index contributed by atoms with van der Waals surface area (Å²) in [6.07, 6.45) is 1.71. The van der Waals surface area contributed by atoms with Gasteiger partial charge in [0.05, 0.1) is 22.5 Å². The van der Waals surface area contributed by atoms with Gasteiger partial charge in [0.1, 0.15) is 5.82 Å². The van der Waals surface area contributed by atoms with Gasteiger partial charge < -0.3 is 15.3 Å². The van der Waals surface area contributed by atoms with Gasteiger partial charge in [-0.05, 0) is 26.3 Å². The fourth-order valence-corrected chi connectivity index (χ4v) is 3.48. The third-order valence-corrected chi connectivity index (χ3v) is 5.50. The number of rotatable bonds is 5. The average molecular weight is 394 g/mol. The van der Waals surface area contributed by atoms with E-state index in [4.69, 9.17) is 0 Å². The first kappa shape index (κ1) is 19.2. The molecule has 2 aromatic heterocycles. The Hall–Kier alpha value is -3.13. The number of H-pyrrole nitrogens is 1. The molecule has 0 aliphatic carbocycles. The number of carbonyl (C=O) groups is 1. The van der Waals surface area contributed by atoms with Crippen LogP contribution >= 0.6 is 0 Å². The number of anilines is 2. The molecule has 1 aliphatic rings. The molecule has 1 fully saturated rings. The lowest BCUT2D eigenvalue weighted by molar-refractivity contribution is 0.00445. The first-order valence-electron chi connectivity index (χ1n) is 9.75. The zero-order chi connectivity index (χ0) is 20.6. The number of aliphatic hydroxyl groups is 1. The summed E-state index contributed by atoms with van der Waals surface area (Å²) in [6.45, 7) is 7.11. The maximum atomic E-state index is 12.3. The Balaban J connectivity index is 1.40. The lowest BCUT2D eigenvalue weighted by atomic mass is 9.84. The van der Waals surface area contributed by atoms with Crippen molar-refractivity contribution in [2.45, 2.75) is 32.4 Å². The first-order valence-corrected chi connectivity index (χ1v) is 9.75. The number of hydrogen-bond donors (Lipinski definition) is 4. The van der Waals surface area contributed by atoms with Crippen LogP contribution in [0.1, 0.15) is 32.4 Å². The van der Waals surface area contributed by atoms with Crippen molar-refractivity contribution >= 4 is 28.6 Å². The molecule has 1 aromatic carbocycles. The summed E-state index contributed by atoms with van der Waals surface area (Å²) < 4.78 is 0. The second kappa shape index (κ2) is 7.36. The number of aromatic amines is 1. The second-order valence-electron chi connectivity index (χ2n) is 8.15. The molecule has 2 amide bonds. The Kier molecular flexibility index (Phi) is 4.87. The molecule has 1 saturated heterocycles. The monoisotopic (exact) mass is 394 g/mol. The standard InChI is InChI=1S/C21H26N6O2/c1-13(14-7-5-4-6-8-14)23-20(28)24-18-9-17-16(10-22-18)19(26-25-17)27-11-15(12-27)21(2,3)29/h4-10,13,15,29H,11-12H2,1-3H3,(H,25,26)(H2,22,23,24,28). The Morgan fingerprint density at radius 3 is 2.72 bits per heavy atom. The van der Waals surface area contributed by atoms with Crippen LogP contribution in [0.4, 0.5) is 16.4 Å². The molecule has 1 atom stereocenters. The Morgan fingerprint density at radius 1 is 1.31 bits per heavy atom. The van der Waals surface area contributed by atoms with E-state index in [1.54, 1.807) is 12.3 Å². The van der Waals surface area contributed by atoms with Crippen LogP contribution in [0.25, 0.3) is 10.9 Å². The fraction of sp³-hybridized carbons (Fsp3) is 0.381. The van der Waals surface area contributed by atoms with Gasteiger partial charge in [-0.2, -0.15) is 5.10 Å². The van der Waals surface area contributed by atoms with E-state index in [9.17, 15) is 9.90 Å². The van der Waals surface area contributed by atoms with E-state index in [2.05, 4.69) is 30.7 Å². The number of nitrogens with one attached hydrogen (secondary N) is 3. The van der Waals surface area contributed by atoms with Crippen molar-refractivity contribution in [3.05, 3.63) is 48.2 Å². The molecule has 8 heteroatoms. The van der Waals surface area contributed by atoms with Gasteiger partial charge in [-0.1, -0.05) is 30.3 Å². The highest BCUT2D eigenvalue weighted by molar-refractivity contribution is 5.94. The average Bonchev–Trinajstić information content (AvgIpc) is 3.03. The van der Waals surface area contributed by atoms with E-state index in [1.807, 2.05) is 51.1 Å². The van der Waals surface area contributed by atoms with Crippen LogP contribution in [0.2, 0.25) is 0 Å². The van der Waals surface area contributed by atoms with E-state index in [-0.39, 0.29) is 18.0 Å². The van der Waals surface area contributed by atoms with Crippen molar-refractivity contribution in [3.63, 3.8) is 0 Å². The Morgan fingerprint density at radius 2 is 2.03 bits per heavy atom. The second-order valence-corrected chi connectivity index (χ2v) is 8.15. The fourth-order valence-electron chi connectivity index (χ4n) is 3.48. The van der Waals surface area contributed by atoms with Crippen LogP contribution in [0.5, 0.6) is 0 Å². The number of amides is 2. The molecule has 3 heterocycles. The Bertz CT molecular complexity index is 1000. The number of urea groups is 1. The largest absolute Gasteiger partial charge is 0.390 e. The van der Waals surface area contributed by atoms with Crippen molar-refractivity contribution in [2.24, 2.45) is 5.92 Å². The number of pyridine rings is 1. The van der Waals surface area contributed by atoms with Gasteiger partial charge >= 0.3 is 6.03 Å². The van der Waals surface area contributed by atoms with Gasteiger partial charge in [-0.25, -0.2) is 9.78 Å². The molecular weight excluding hydrogens is 368 g/mol. The zero-order valence-corrected chi connectivity index (χ0v) is 16.8. The van der Waals surface area contributed by atoms with E-state index in [1.165, 1.54) is 0 Å². The molecule has 29 heavy (non-hydrogen) atoms. The predicted octanol–water partition coefficient (Wildman–Crippen LogP) is 3.05. The quantitative estimate of drug-likeness (QED) is 0.532. The number of carbonyl (C=O) groups excluding carboxylic acids is 1. The number of aromatic nitrogens is 3. The van der Waals surface area contributed by atoms with Crippen molar-refractivity contribution in [1.29, 1.82) is 0 Å². The molecule has 4 N–H and O–H groups in total. The molecule has 1 aliphatic heterocycles. The van der Waals surface area contributed by atoms with Gasteiger partial charge in [-0.3, -0.25) is 10.4 Å². The lowest BCUT2D eigenvalue weighted by Gasteiger charge is -2.45. The molecule has 1 unspecified atom stereocenters. The van der Waals surface area contributed by atoms with Crippen LogP contribution < -0.4 is 15.5 Å². The minimum atomic E-state index is -0.692. The topological polar surface area (TPSA) is 106 Å². The summed E-state index contributed by atoms with van der Waals surface area (Å²) in [6, 6.07) is 11.1. The third-order valence-electron chi connectivity index (χ3n) is 5.50. The van der Waals surface area contributed by atoms with Crippen LogP contribution in [-0.4, -0.2) is 45.0 Å². The van der Waals surface area contributed by atoms with Gasteiger partial charge in [0, 0.05) is 31.3 Å². The minimum Gasteiger partial charge on any atom is -0.390 e. The van der Waals surface area contributed by atoms with Crippen LogP contribution in [0, 0.1) is 5.92 Å². The molecule has 4 rings (SSSR count). The Labute approximate surface area is 169 Å². The maximum absolute atomic E-state index is 12.3. The summed E-state index contributed by atoms with van der Waals surface area (Å²) in [7, 11) is 0. The highest BCUT2D eigenvalue weighted by Crippen LogP contribution is 2.34. The SMILES string of the molecule is CC(NC(=O)Nc1cc2[nH]nc(N3CC(C(C)(C)O)C3)c2cn1)c1ccccc1. The summed E-state index contributed by atoms with van der Waals surface area (Å²) in [5.74, 6) is 1.49. The number of nitrogens with zero attached hydrogens (tertiary/aromatic N) is 3. The molecular formula is C21H26N6O2. The molecule has 3 aromatic rings. The van der Waals surface area contributed by atoms with Gasteiger partial charge in [-0.15, -0.1) is 0 Å². The van der Waals surface area contributed by atoms with Crippen LogP contribution in [-0.2, 0) is 0 Å². The number of fused-ring (bicyclic) bond motifs is 1. The van der Waals surface area contributed by atoms with Gasteiger partial charge in [0.2, 0.25) is 0 Å². The van der Waals surface area contributed by atoms with Gasteiger partial charge in [0.15, 0.2) is 5.82 Å². The normalized spacial score (nSPS) is 15.8. The number of benzene rings is 1. The minimum absolute atomic E-state index is 0.117. The van der Waals surface area contributed by atoms with Crippen LogP contribution in [0.3, 0.4) is 0 Å². The van der Waals surface area contributed by atoms with Crippen molar-refractivity contribution in [1.82, 2.24) is 20.5 Å². The highest BCUT2D eigenvalue weighted by atomic mass is 16.3. The third kappa shape index (κ3) is 4.02. The lowest BCUT2D eigenvalue weighted by Crippen LogP contribution is -2.56. The summed E-state index contributed by atoms with van der Waals surface area (Å²) in [5.41, 5.74) is 1.14. The molecule has 0 spiro atoms. The van der Waals surface area contributed by atoms with E-state index in [0.29, 0.717) is 5.82 Å². The van der Waals surface area contributed by atoms with Crippen molar-refractivity contribution in [2.75, 3.05) is 23.3 Å². The van der Waals surface area contributed by atoms with Crippen molar-refractivity contribution in [3.8, 4) is 0 Å². The highest BCUT2D eigenvalue weighted by Gasteiger charge is 2.38. The van der Waals surface area contributed by atoms with E-state index in [0.717, 1.165) is 35.4 Å². The molecule has 8 nitrogen and oxygen atoms in total. The molecule has 0 bridgehead atoms. The number of hydrogen-bond acceptors (Lipinski definition) is 5. The van der Waals surface area contributed by atoms with E-state index >= 15 is 0 Å². The molecule has 152 valence electrons. The first-order chi connectivity index (χ1) is 13.8. The smallest absolute Gasteiger partial charge is 0.320 e. The summed E-state index contributed by atoms with van der Waals surface area (Å²) in [4.78, 5) is 18.8.